The highest BCUT2D eigenvalue weighted by molar-refractivity contribution is 7.93. The summed E-state index contributed by atoms with van der Waals surface area (Å²) in [6.45, 7) is 2.10. The van der Waals surface area contributed by atoms with Crippen LogP contribution < -0.4 is 10.0 Å². The lowest BCUT2D eigenvalue weighted by molar-refractivity contribution is 0.0944. The number of nitrogens with zero attached hydrogens (tertiary/aromatic N) is 1. The van der Waals surface area contributed by atoms with Crippen LogP contribution in [-0.2, 0) is 16.6 Å². The molecule has 3 rings (SSSR count). The number of hydrogen-bond donors (Lipinski definition) is 2. The monoisotopic (exact) mass is 377 g/mol. The summed E-state index contributed by atoms with van der Waals surface area (Å²) in [6.07, 6.45) is 1.52. The molecule has 0 aliphatic heterocycles. The molecule has 9 heteroatoms. The highest BCUT2D eigenvalue weighted by atomic mass is 32.2. The summed E-state index contributed by atoms with van der Waals surface area (Å²) in [6, 6.07) is 9.92. The van der Waals surface area contributed by atoms with E-state index in [4.69, 9.17) is 4.42 Å². The van der Waals surface area contributed by atoms with Crippen LogP contribution in [0.15, 0.2) is 57.4 Å². The van der Waals surface area contributed by atoms with Crippen LogP contribution in [0.4, 0.5) is 5.13 Å². The maximum absolute atomic E-state index is 12.3. The summed E-state index contributed by atoms with van der Waals surface area (Å²) in [5, 5.41) is 4.27. The van der Waals surface area contributed by atoms with E-state index in [0.717, 1.165) is 16.9 Å². The highest BCUT2D eigenvalue weighted by Gasteiger charge is 2.17. The third kappa shape index (κ3) is 4.25. The minimum Gasteiger partial charge on any atom is -0.467 e. The van der Waals surface area contributed by atoms with Gasteiger partial charge in [0, 0.05) is 5.38 Å². The van der Waals surface area contributed by atoms with Crippen molar-refractivity contribution >= 4 is 32.4 Å². The van der Waals surface area contributed by atoms with Gasteiger partial charge in [-0.05, 0) is 31.2 Å². The van der Waals surface area contributed by atoms with Gasteiger partial charge in [0.2, 0.25) is 0 Å². The molecule has 7 nitrogen and oxygen atoms in total. The minimum absolute atomic E-state index is 0.128. The second-order valence-corrected chi connectivity index (χ2v) is 7.76. The Balaban J connectivity index is 1.66. The number of nitrogens with one attached hydrogen (secondary N) is 2. The fourth-order valence-electron chi connectivity index (χ4n) is 1.99. The summed E-state index contributed by atoms with van der Waals surface area (Å²) in [4.78, 5) is 16.2. The van der Waals surface area contributed by atoms with Gasteiger partial charge in [-0.2, -0.15) is 0 Å². The molecule has 2 N–H and O–H groups in total. The van der Waals surface area contributed by atoms with Crippen molar-refractivity contribution < 1.29 is 17.6 Å². The van der Waals surface area contributed by atoms with Crippen molar-refractivity contribution in [1.82, 2.24) is 10.3 Å². The van der Waals surface area contributed by atoms with Crippen molar-refractivity contribution in [3.63, 3.8) is 0 Å². The summed E-state index contributed by atoms with van der Waals surface area (Å²) >= 11 is 1.04. The van der Waals surface area contributed by atoms with Gasteiger partial charge < -0.3 is 9.73 Å². The van der Waals surface area contributed by atoms with Gasteiger partial charge in [0.15, 0.2) is 5.13 Å². The third-order valence-corrected chi connectivity index (χ3v) is 5.53. The van der Waals surface area contributed by atoms with Crippen LogP contribution in [0.3, 0.4) is 0 Å². The molecule has 1 aromatic carbocycles. The molecule has 130 valence electrons. The number of sulfonamides is 1. The highest BCUT2D eigenvalue weighted by Crippen LogP contribution is 2.20. The second kappa shape index (κ2) is 7.08. The molecule has 0 aliphatic rings. The maximum Gasteiger partial charge on any atom is 0.271 e. The Morgan fingerprint density at radius 2 is 2.00 bits per heavy atom. The number of benzene rings is 1. The zero-order valence-corrected chi connectivity index (χ0v) is 14.9. The smallest absolute Gasteiger partial charge is 0.271 e. The molecule has 2 heterocycles. The molecule has 0 unspecified atom stereocenters. The van der Waals surface area contributed by atoms with Crippen LogP contribution in [0.2, 0.25) is 0 Å². The number of furan rings is 1. The Hall–Kier alpha value is -2.65. The van der Waals surface area contributed by atoms with Gasteiger partial charge in [-0.3, -0.25) is 9.52 Å². The maximum atomic E-state index is 12.3. The van der Waals surface area contributed by atoms with Gasteiger partial charge in [-0.1, -0.05) is 17.7 Å². The lowest BCUT2D eigenvalue weighted by Crippen LogP contribution is -2.23. The molecule has 0 fully saturated rings. The zero-order chi connectivity index (χ0) is 17.9. The Bertz CT molecular complexity index is 961. The number of amides is 1. The Labute approximate surface area is 148 Å². The molecule has 3 aromatic rings. The van der Waals surface area contributed by atoms with Crippen molar-refractivity contribution in [1.29, 1.82) is 0 Å². The van der Waals surface area contributed by atoms with Gasteiger partial charge in [0.1, 0.15) is 11.5 Å². The number of carbonyl (C=O) groups excluding carboxylic acids is 1. The molecule has 0 saturated heterocycles. The summed E-state index contributed by atoms with van der Waals surface area (Å²) in [5.74, 6) is 0.206. The van der Waals surface area contributed by atoms with E-state index in [1.807, 2.05) is 6.92 Å². The molecule has 0 spiro atoms. The first-order valence-corrected chi connectivity index (χ1v) is 9.66. The van der Waals surface area contributed by atoms with Crippen molar-refractivity contribution in [2.75, 3.05) is 4.72 Å². The van der Waals surface area contributed by atoms with Crippen molar-refractivity contribution in [2.45, 2.75) is 18.4 Å². The fraction of sp³-hybridized carbons (Fsp3) is 0.125. The molecule has 0 saturated carbocycles. The molecular formula is C16H15N3O4S2. The number of aryl methyl sites for hydroxylation is 1. The van der Waals surface area contributed by atoms with Crippen LogP contribution in [0.1, 0.15) is 21.8 Å². The summed E-state index contributed by atoms with van der Waals surface area (Å²) in [5.41, 5.74) is 1.10. The second-order valence-electron chi connectivity index (χ2n) is 5.22. The lowest BCUT2D eigenvalue weighted by Gasteiger charge is -2.05. The number of thiazole rings is 1. The van der Waals surface area contributed by atoms with E-state index >= 15 is 0 Å². The zero-order valence-electron chi connectivity index (χ0n) is 13.2. The van der Waals surface area contributed by atoms with Crippen LogP contribution in [0.25, 0.3) is 0 Å². The van der Waals surface area contributed by atoms with E-state index in [1.165, 1.54) is 23.8 Å². The Morgan fingerprint density at radius 3 is 2.68 bits per heavy atom. The van der Waals surface area contributed by atoms with Gasteiger partial charge in [0.05, 0.1) is 17.7 Å². The number of carbonyl (C=O) groups is 1. The molecule has 1 amide bonds. The van der Waals surface area contributed by atoms with E-state index in [1.54, 1.807) is 24.3 Å². The van der Waals surface area contributed by atoms with E-state index in [-0.39, 0.29) is 22.3 Å². The van der Waals surface area contributed by atoms with E-state index in [9.17, 15) is 13.2 Å². The van der Waals surface area contributed by atoms with Gasteiger partial charge in [-0.25, -0.2) is 13.4 Å². The SMILES string of the molecule is Cc1ccc(S(=O)(=O)Nc2nc(C(=O)NCc3ccco3)cs2)cc1. The summed E-state index contributed by atoms with van der Waals surface area (Å²) < 4.78 is 32.1. The third-order valence-electron chi connectivity index (χ3n) is 3.29. The van der Waals surface area contributed by atoms with Crippen molar-refractivity contribution in [3.05, 3.63) is 65.1 Å². The quantitative estimate of drug-likeness (QED) is 0.688. The van der Waals surface area contributed by atoms with Crippen molar-refractivity contribution in [3.8, 4) is 0 Å². The summed E-state index contributed by atoms with van der Waals surface area (Å²) in [7, 11) is -3.74. The van der Waals surface area contributed by atoms with Gasteiger partial charge >= 0.3 is 0 Å². The molecule has 0 bridgehead atoms. The van der Waals surface area contributed by atoms with E-state index < -0.39 is 15.9 Å². The lowest BCUT2D eigenvalue weighted by atomic mass is 10.2. The first-order chi connectivity index (χ1) is 11.9. The molecule has 2 aromatic heterocycles. The van der Waals surface area contributed by atoms with Gasteiger partial charge in [0.25, 0.3) is 15.9 Å². The minimum atomic E-state index is -3.74. The number of aromatic nitrogens is 1. The average Bonchev–Trinajstić information content (AvgIpc) is 3.24. The van der Waals surface area contributed by atoms with E-state index in [2.05, 4.69) is 15.0 Å². The molecule has 0 atom stereocenters. The largest absolute Gasteiger partial charge is 0.467 e. The fourth-order valence-corrected chi connectivity index (χ4v) is 3.93. The topological polar surface area (TPSA) is 101 Å². The average molecular weight is 377 g/mol. The molecule has 25 heavy (non-hydrogen) atoms. The molecule has 0 aliphatic carbocycles. The van der Waals surface area contributed by atoms with E-state index in [0.29, 0.717) is 5.76 Å². The predicted molar refractivity (Wildman–Crippen MR) is 94.0 cm³/mol. The first kappa shape index (κ1) is 17.2. The Morgan fingerprint density at radius 1 is 1.24 bits per heavy atom. The normalized spacial score (nSPS) is 11.2. The van der Waals surface area contributed by atoms with Crippen LogP contribution in [0, 0.1) is 6.92 Å². The number of hydrogen-bond acceptors (Lipinski definition) is 6. The van der Waals surface area contributed by atoms with Crippen LogP contribution >= 0.6 is 11.3 Å². The number of rotatable bonds is 6. The first-order valence-electron chi connectivity index (χ1n) is 7.30. The van der Waals surface area contributed by atoms with Gasteiger partial charge in [-0.15, -0.1) is 11.3 Å². The van der Waals surface area contributed by atoms with Crippen LogP contribution in [0.5, 0.6) is 0 Å². The Kier molecular flexibility index (Phi) is 4.86. The molecular weight excluding hydrogens is 362 g/mol. The number of anilines is 1. The standard InChI is InChI=1S/C16H15N3O4S2/c1-11-4-6-13(7-5-11)25(21,22)19-16-18-14(10-24-16)15(20)17-9-12-3-2-8-23-12/h2-8,10H,9H2,1H3,(H,17,20)(H,18,19). The van der Waals surface area contributed by atoms with Crippen molar-refractivity contribution in [2.24, 2.45) is 0 Å². The van der Waals surface area contributed by atoms with Crippen LogP contribution in [-0.4, -0.2) is 19.3 Å². The predicted octanol–water partition coefficient (Wildman–Crippen LogP) is 2.78. The molecule has 0 radical (unpaired) electrons.